The van der Waals surface area contributed by atoms with Crippen LogP contribution in [0.1, 0.15) is 25.7 Å². The van der Waals surface area contributed by atoms with Gasteiger partial charge >= 0.3 is 0 Å². The lowest BCUT2D eigenvalue weighted by Gasteiger charge is -2.40. The second-order valence-electron chi connectivity index (χ2n) is 4.80. The van der Waals surface area contributed by atoms with Crippen LogP contribution in [0.5, 0.6) is 5.75 Å². The first-order chi connectivity index (χ1) is 8.15. The van der Waals surface area contributed by atoms with E-state index in [0.717, 1.165) is 19.3 Å². The van der Waals surface area contributed by atoms with Gasteiger partial charge in [0.2, 0.25) is 5.91 Å². The van der Waals surface area contributed by atoms with Crippen LogP contribution in [0.15, 0.2) is 24.3 Å². The fraction of sp³-hybridized carbons (Fsp3) is 0.462. The molecule has 0 aromatic heterocycles. The molecule has 0 radical (unpaired) electrons. The molecule has 0 unspecified atom stereocenters. The number of anilines is 1. The quantitative estimate of drug-likeness (QED) is 0.696. The summed E-state index contributed by atoms with van der Waals surface area (Å²) in [5.41, 5.74) is 6.17. The molecule has 1 saturated carbocycles. The van der Waals surface area contributed by atoms with Crippen LogP contribution < -0.4 is 11.1 Å². The van der Waals surface area contributed by atoms with Crippen LogP contribution in [0.4, 0.5) is 5.69 Å². The number of carbonyl (C=O) groups excluding carboxylic acids is 1. The Bertz CT molecular complexity index is 408. The molecule has 17 heavy (non-hydrogen) atoms. The van der Waals surface area contributed by atoms with E-state index in [9.17, 15) is 9.90 Å². The van der Waals surface area contributed by atoms with Crippen LogP contribution in [0, 0.1) is 5.41 Å². The topological polar surface area (TPSA) is 75.4 Å². The largest absolute Gasteiger partial charge is 0.506 e. The molecule has 1 aliphatic carbocycles. The zero-order chi connectivity index (χ0) is 12.3. The number of phenols is 1. The average Bonchev–Trinajstić information content (AvgIpc) is 2.27. The van der Waals surface area contributed by atoms with Gasteiger partial charge in [-0.15, -0.1) is 0 Å². The lowest BCUT2D eigenvalue weighted by atomic mass is 9.66. The molecule has 1 amide bonds. The molecule has 4 N–H and O–H groups in total. The summed E-state index contributed by atoms with van der Waals surface area (Å²) in [6, 6.07) is 6.73. The Kier molecular flexibility index (Phi) is 3.33. The van der Waals surface area contributed by atoms with Gasteiger partial charge in [0, 0.05) is 6.42 Å². The van der Waals surface area contributed by atoms with Gasteiger partial charge in [0.05, 0.1) is 5.69 Å². The lowest BCUT2D eigenvalue weighted by Crippen LogP contribution is -2.40. The minimum Gasteiger partial charge on any atom is -0.506 e. The number of hydrogen-bond donors (Lipinski definition) is 3. The van der Waals surface area contributed by atoms with Crippen molar-refractivity contribution in [2.24, 2.45) is 11.1 Å². The molecule has 1 fully saturated rings. The molecule has 0 bridgehead atoms. The molecule has 1 aromatic carbocycles. The summed E-state index contributed by atoms with van der Waals surface area (Å²) < 4.78 is 0. The number of rotatable bonds is 4. The molecular formula is C13H18N2O2. The highest BCUT2D eigenvalue weighted by Crippen LogP contribution is 2.43. The van der Waals surface area contributed by atoms with Crippen LogP contribution in [0.2, 0.25) is 0 Å². The molecule has 0 atom stereocenters. The Labute approximate surface area is 101 Å². The van der Waals surface area contributed by atoms with Crippen molar-refractivity contribution in [2.45, 2.75) is 25.7 Å². The number of hydrogen-bond acceptors (Lipinski definition) is 3. The molecule has 2 rings (SSSR count). The smallest absolute Gasteiger partial charge is 0.225 e. The number of aromatic hydroxyl groups is 1. The predicted molar refractivity (Wildman–Crippen MR) is 66.7 cm³/mol. The van der Waals surface area contributed by atoms with E-state index < -0.39 is 0 Å². The fourth-order valence-corrected chi connectivity index (χ4v) is 2.24. The standard InChI is InChI=1S/C13H18N2O2/c14-9-13(6-3-7-13)8-12(17)15-10-4-1-2-5-11(10)16/h1-2,4-5,16H,3,6-9,14H2,(H,15,17). The highest BCUT2D eigenvalue weighted by molar-refractivity contribution is 5.92. The predicted octanol–water partition coefficient (Wildman–Crippen LogP) is 1.85. The van der Waals surface area contributed by atoms with Crippen molar-refractivity contribution in [1.82, 2.24) is 0 Å². The third-order valence-corrected chi connectivity index (χ3v) is 3.56. The van der Waals surface area contributed by atoms with Gasteiger partial charge in [0.1, 0.15) is 5.75 Å². The van der Waals surface area contributed by atoms with Crippen molar-refractivity contribution in [2.75, 3.05) is 11.9 Å². The number of nitrogens with two attached hydrogens (primary N) is 1. The number of para-hydroxylation sites is 2. The highest BCUT2D eigenvalue weighted by atomic mass is 16.3. The van der Waals surface area contributed by atoms with Gasteiger partial charge in [0.25, 0.3) is 0 Å². The van der Waals surface area contributed by atoms with Crippen LogP contribution in [-0.2, 0) is 4.79 Å². The highest BCUT2D eigenvalue weighted by Gasteiger charge is 2.37. The van der Waals surface area contributed by atoms with Crippen molar-refractivity contribution in [3.63, 3.8) is 0 Å². The monoisotopic (exact) mass is 234 g/mol. The Morgan fingerprint density at radius 1 is 1.41 bits per heavy atom. The normalized spacial score (nSPS) is 17.2. The Balaban J connectivity index is 1.96. The number of carbonyl (C=O) groups is 1. The zero-order valence-electron chi connectivity index (χ0n) is 9.78. The maximum Gasteiger partial charge on any atom is 0.225 e. The average molecular weight is 234 g/mol. The molecule has 0 spiro atoms. The zero-order valence-corrected chi connectivity index (χ0v) is 9.78. The molecule has 4 nitrogen and oxygen atoms in total. The summed E-state index contributed by atoms with van der Waals surface area (Å²) in [5.74, 6) is 0.0212. The molecule has 0 aliphatic heterocycles. The Morgan fingerprint density at radius 3 is 2.65 bits per heavy atom. The first-order valence-electron chi connectivity index (χ1n) is 5.93. The summed E-state index contributed by atoms with van der Waals surface area (Å²) in [6.07, 6.45) is 3.65. The molecule has 0 saturated heterocycles. The first kappa shape index (κ1) is 11.9. The van der Waals surface area contributed by atoms with Gasteiger partial charge in [-0.25, -0.2) is 0 Å². The van der Waals surface area contributed by atoms with E-state index in [2.05, 4.69) is 5.32 Å². The van der Waals surface area contributed by atoms with E-state index in [4.69, 9.17) is 5.73 Å². The summed E-state index contributed by atoms with van der Waals surface area (Å²) in [6.45, 7) is 0.557. The van der Waals surface area contributed by atoms with Crippen molar-refractivity contribution < 1.29 is 9.90 Å². The van der Waals surface area contributed by atoms with E-state index in [1.54, 1.807) is 24.3 Å². The van der Waals surface area contributed by atoms with Gasteiger partial charge in [-0.3, -0.25) is 4.79 Å². The first-order valence-corrected chi connectivity index (χ1v) is 5.93. The minimum atomic E-state index is -0.0725. The SMILES string of the molecule is NCC1(CC(=O)Nc2ccccc2O)CCC1. The molecule has 1 aliphatic rings. The maximum atomic E-state index is 11.9. The van der Waals surface area contributed by atoms with Gasteiger partial charge < -0.3 is 16.2 Å². The van der Waals surface area contributed by atoms with Crippen molar-refractivity contribution in [3.05, 3.63) is 24.3 Å². The third kappa shape index (κ3) is 2.58. The molecule has 4 heteroatoms. The summed E-state index contributed by atoms with van der Waals surface area (Å²) >= 11 is 0. The van der Waals surface area contributed by atoms with E-state index in [-0.39, 0.29) is 17.1 Å². The van der Waals surface area contributed by atoms with E-state index in [1.165, 1.54) is 0 Å². The number of nitrogens with one attached hydrogen (secondary N) is 1. The van der Waals surface area contributed by atoms with E-state index in [1.807, 2.05) is 0 Å². The molecular weight excluding hydrogens is 216 g/mol. The van der Waals surface area contributed by atoms with Gasteiger partial charge in [-0.2, -0.15) is 0 Å². The van der Waals surface area contributed by atoms with Crippen LogP contribution in [-0.4, -0.2) is 17.6 Å². The summed E-state index contributed by atoms with van der Waals surface area (Å²) in [7, 11) is 0. The van der Waals surface area contributed by atoms with Crippen molar-refractivity contribution in [1.29, 1.82) is 0 Å². The van der Waals surface area contributed by atoms with Crippen molar-refractivity contribution >= 4 is 11.6 Å². The second kappa shape index (κ2) is 4.75. The van der Waals surface area contributed by atoms with Crippen LogP contribution in [0.25, 0.3) is 0 Å². The van der Waals surface area contributed by atoms with Gasteiger partial charge in [-0.1, -0.05) is 18.6 Å². The number of phenolic OH excluding ortho intramolecular Hbond substituents is 1. The van der Waals surface area contributed by atoms with Crippen LogP contribution >= 0.6 is 0 Å². The number of benzene rings is 1. The summed E-state index contributed by atoms with van der Waals surface area (Å²) in [4.78, 5) is 11.9. The van der Waals surface area contributed by atoms with Crippen molar-refractivity contribution in [3.8, 4) is 5.75 Å². The Morgan fingerprint density at radius 2 is 2.12 bits per heavy atom. The third-order valence-electron chi connectivity index (χ3n) is 3.56. The van der Waals surface area contributed by atoms with Gasteiger partial charge in [-0.05, 0) is 36.9 Å². The van der Waals surface area contributed by atoms with Gasteiger partial charge in [0.15, 0.2) is 0 Å². The molecule has 0 heterocycles. The Hall–Kier alpha value is -1.55. The number of amides is 1. The van der Waals surface area contributed by atoms with E-state index >= 15 is 0 Å². The fourth-order valence-electron chi connectivity index (χ4n) is 2.24. The lowest BCUT2D eigenvalue weighted by molar-refractivity contribution is -0.119. The maximum absolute atomic E-state index is 11.9. The minimum absolute atomic E-state index is 0.00547. The van der Waals surface area contributed by atoms with E-state index in [0.29, 0.717) is 18.7 Å². The molecule has 92 valence electrons. The second-order valence-corrected chi connectivity index (χ2v) is 4.80. The summed E-state index contributed by atoms with van der Waals surface area (Å²) in [5, 5.41) is 12.3. The molecule has 1 aromatic rings. The van der Waals surface area contributed by atoms with Crippen LogP contribution in [0.3, 0.4) is 0 Å².